The molecule has 4 aromatic heterocycles. The van der Waals surface area contributed by atoms with Gasteiger partial charge < -0.3 is 31.7 Å². The van der Waals surface area contributed by atoms with Gasteiger partial charge in [-0.1, -0.05) is 103 Å². The summed E-state index contributed by atoms with van der Waals surface area (Å²) >= 11 is 17.4. The lowest BCUT2D eigenvalue weighted by atomic mass is 9.79. The van der Waals surface area contributed by atoms with Gasteiger partial charge in [0.25, 0.3) is 0 Å². The molecule has 0 spiro atoms. The number of anilines is 1. The molecule has 4 aliphatic rings. The minimum Gasteiger partial charge on any atom is -0.349 e. The number of nitrogens with zero attached hydrogens (tertiary/aromatic N) is 7. The standard InChI is InChI=1S/C26H26ClN5.C18H11Cl2N3.C8H16N2.CH4NP.CH4.2O2S/c27-21-15-29-24(31-26-12-6-11-25(28,17-26)13-14-26)30-23(21)20-16-32(18-7-2-1-3-8-18)22-10-5-4-9-19(20)22;19-15-10-21-18(20)22-17(15)14-11-23(12-6-2-1-3-7-12)16-9-5-4-8-13(14)16;9-7-2-1-3-8(10,6-7)5-4-7;1-2-3;;2*1-3-2/h1-5,7-10,15-16H,6,11-14,17,28H2,(H,29,30,31);1-11H;1-6,9-10H2;3H,1H3;1H4;;. The van der Waals surface area contributed by atoms with Gasteiger partial charge in [0.1, 0.15) is 0 Å². The number of hydrogen-bond acceptors (Lipinski definition) is 13. The molecule has 4 unspecified atom stereocenters. The molecule has 15 nitrogen and oxygen atoms in total. The Kier molecular flexibility index (Phi) is 20.7. The molecule has 0 radical (unpaired) electrons. The molecule has 0 saturated heterocycles. The van der Waals surface area contributed by atoms with Crippen LogP contribution < -0.4 is 22.5 Å². The van der Waals surface area contributed by atoms with E-state index in [2.05, 4.69) is 110 Å². The van der Waals surface area contributed by atoms with Crippen molar-refractivity contribution in [3.63, 3.8) is 0 Å². The Morgan fingerprint density at radius 3 is 1.45 bits per heavy atom. The molecule has 12 rings (SSSR count). The van der Waals surface area contributed by atoms with Crippen LogP contribution >= 0.6 is 43.8 Å². The molecule has 75 heavy (non-hydrogen) atoms. The number of benzene rings is 4. The first-order chi connectivity index (χ1) is 35.6. The molecular weight excluding hydrogens is 1070 g/mol. The van der Waals surface area contributed by atoms with Gasteiger partial charge in [-0.15, -0.1) is 0 Å². The molecule has 4 aromatic carbocycles. The predicted octanol–water partition coefficient (Wildman–Crippen LogP) is 12.3. The lowest BCUT2D eigenvalue weighted by Gasteiger charge is -2.38. The van der Waals surface area contributed by atoms with Crippen molar-refractivity contribution in [3.8, 4) is 33.9 Å². The summed E-state index contributed by atoms with van der Waals surface area (Å²) in [5.74, 6) is 0.632. The molecule has 4 bridgehead atoms. The SMILES string of the molecule is C.CN=P.Clc1ncc(Cl)c(-c2cn(-c3ccccc3)c3ccccc23)n1.NC12CCCC(N)(CC1)C2.NC12CCCC(Nc3ncc(Cl)c(-c4cn(-c5ccccc5)c5ccccc45)n3)(CC1)C2.O=S=O.O=S=O. The second-order valence-electron chi connectivity index (χ2n) is 19.2. The molecule has 0 amide bonds. The van der Waals surface area contributed by atoms with Gasteiger partial charge in [-0.3, -0.25) is 4.74 Å². The first-order valence-corrected chi connectivity index (χ1v) is 26.8. The number of aromatic nitrogens is 6. The number of halogens is 3. The van der Waals surface area contributed by atoms with Crippen molar-refractivity contribution >= 4 is 94.7 Å². The highest BCUT2D eigenvalue weighted by Gasteiger charge is 2.49. The van der Waals surface area contributed by atoms with E-state index in [1.165, 1.54) is 25.5 Å². The van der Waals surface area contributed by atoms with Gasteiger partial charge in [0.05, 0.1) is 44.9 Å². The van der Waals surface area contributed by atoms with Crippen molar-refractivity contribution in [3.05, 3.63) is 149 Å². The number of hydrogen-bond donors (Lipinski definition) is 4. The maximum absolute atomic E-state index is 8.29. The Balaban J connectivity index is 0.000000184. The third-order valence-corrected chi connectivity index (χ3v) is 14.9. The van der Waals surface area contributed by atoms with Gasteiger partial charge in [0, 0.05) is 74.9 Å². The monoisotopic (exact) mass is 1130 g/mol. The van der Waals surface area contributed by atoms with Crippen LogP contribution in [0.4, 0.5) is 5.95 Å². The van der Waals surface area contributed by atoms with E-state index in [1.807, 2.05) is 54.7 Å². The minimum absolute atomic E-state index is 0. The predicted molar refractivity (Wildman–Crippen MR) is 307 cm³/mol. The number of rotatable bonds is 6. The van der Waals surface area contributed by atoms with Crippen LogP contribution in [0.25, 0.3) is 55.7 Å². The third kappa shape index (κ3) is 14.3. The fraction of sp³-hybridized carbons (Fsp3) is 0.333. The van der Waals surface area contributed by atoms with Crippen molar-refractivity contribution in [2.24, 2.45) is 21.9 Å². The van der Waals surface area contributed by atoms with Crippen LogP contribution in [0.3, 0.4) is 0 Å². The maximum Gasteiger partial charge on any atom is 0.335 e. The number of fused-ring (bicyclic) bond motifs is 6. The van der Waals surface area contributed by atoms with Gasteiger partial charge in [-0.25, -0.2) is 19.9 Å². The molecule has 21 heteroatoms. The summed E-state index contributed by atoms with van der Waals surface area (Å²) in [5, 5.41) is 7.05. The van der Waals surface area contributed by atoms with Gasteiger partial charge in [-0.2, -0.15) is 16.8 Å². The van der Waals surface area contributed by atoms with Crippen LogP contribution in [0.15, 0.2) is 139 Å². The number of nitrogens with two attached hydrogens (primary N) is 3. The Bertz CT molecular complexity index is 3260. The molecule has 8 aromatic rings. The fourth-order valence-electron chi connectivity index (χ4n) is 11.0. The van der Waals surface area contributed by atoms with Crippen LogP contribution in [0, 0.1) is 0 Å². The summed E-state index contributed by atoms with van der Waals surface area (Å²) in [4.78, 5) is 17.7. The average molecular weight is 1130 g/mol. The van der Waals surface area contributed by atoms with Crippen molar-refractivity contribution in [2.75, 3.05) is 12.4 Å². The van der Waals surface area contributed by atoms with Crippen LogP contribution in [-0.4, -0.2) is 75.1 Å². The summed E-state index contributed by atoms with van der Waals surface area (Å²) in [5.41, 5.74) is 26.7. The van der Waals surface area contributed by atoms with E-state index in [9.17, 15) is 0 Å². The van der Waals surface area contributed by atoms with Gasteiger partial charge in [-0.05, 0) is 134 Å². The third-order valence-electron chi connectivity index (χ3n) is 14.1. The molecule has 0 aliphatic heterocycles. The van der Waals surface area contributed by atoms with Crippen LogP contribution in [0.2, 0.25) is 15.3 Å². The van der Waals surface area contributed by atoms with Gasteiger partial charge >= 0.3 is 23.1 Å². The molecule has 4 heterocycles. The molecular formula is C54H61Cl3N11O4PS2. The number of nitrogens with one attached hydrogen (secondary N) is 1. The van der Waals surface area contributed by atoms with Crippen LogP contribution in [-0.2, 0) is 23.1 Å². The summed E-state index contributed by atoms with van der Waals surface area (Å²) in [7, 11) is 4.47. The molecule has 4 saturated carbocycles. The van der Waals surface area contributed by atoms with E-state index in [1.54, 1.807) is 13.2 Å². The Hall–Kier alpha value is -5.59. The molecule has 4 aliphatic carbocycles. The summed E-state index contributed by atoms with van der Waals surface area (Å²) in [6, 6.07) is 37.0. The van der Waals surface area contributed by atoms with Crippen molar-refractivity contribution in [1.82, 2.24) is 29.1 Å². The molecule has 394 valence electrons. The topological polar surface area (TPSA) is 232 Å². The minimum atomic E-state index is -0.750. The van der Waals surface area contributed by atoms with E-state index in [0.717, 1.165) is 108 Å². The number of para-hydroxylation sites is 4. The zero-order chi connectivity index (χ0) is 52.9. The van der Waals surface area contributed by atoms with Gasteiger partial charge in [0.15, 0.2) is 0 Å². The normalized spacial score (nSPS) is 21.5. The summed E-state index contributed by atoms with van der Waals surface area (Å²) in [6.07, 6.45) is 20.9. The average Bonchev–Trinajstić information content (AvgIpc) is 4.10. The van der Waals surface area contributed by atoms with E-state index in [-0.39, 0.29) is 34.9 Å². The van der Waals surface area contributed by atoms with Crippen LogP contribution in [0.5, 0.6) is 0 Å². The van der Waals surface area contributed by atoms with E-state index in [0.29, 0.717) is 21.7 Å². The van der Waals surface area contributed by atoms with Crippen molar-refractivity contribution in [2.45, 2.75) is 107 Å². The summed E-state index contributed by atoms with van der Waals surface area (Å²) < 4.78 is 40.8. The van der Waals surface area contributed by atoms with Crippen molar-refractivity contribution < 1.29 is 16.8 Å². The second kappa shape index (κ2) is 26.5. The largest absolute Gasteiger partial charge is 0.349 e. The smallest absolute Gasteiger partial charge is 0.335 e. The fourth-order valence-corrected chi connectivity index (χ4v) is 11.6. The van der Waals surface area contributed by atoms with Crippen LogP contribution in [0.1, 0.15) is 84.5 Å². The van der Waals surface area contributed by atoms with E-state index >= 15 is 0 Å². The lowest BCUT2D eigenvalue weighted by molar-refractivity contribution is 0.274. The zero-order valence-electron chi connectivity index (χ0n) is 40.6. The molecule has 7 N–H and O–H groups in total. The summed E-state index contributed by atoms with van der Waals surface area (Å²) in [6.45, 7) is 0. The Morgan fingerprint density at radius 1 is 0.573 bits per heavy atom. The highest BCUT2D eigenvalue weighted by molar-refractivity contribution is 7.52. The second-order valence-corrected chi connectivity index (χ2v) is 21.0. The first-order valence-electron chi connectivity index (χ1n) is 23.9. The first kappa shape index (κ1) is 58.7. The Morgan fingerprint density at radius 2 is 0.973 bits per heavy atom. The lowest BCUT2D eigenvalue weighted by Crippen LogP contribution is -2.47. The Labute approximate surface area is 461 Å². The molecule has 4 fully saturated rings. The highest BCUT2D eigenvalue weighted by Crippen LogP contribution is 2.48. The van der Waals surface area contributed by atoms with E-state index < -0.39 is 23.1 Å². The zero-order valence-corrected chi connectivity index (χ0v) is 45.5. The van der Waals surface area contributed by atoms with E-state index in [4.69, 9.17) is 73.8 Å². The van der Waals surface area contributed by atoms with Crippen molar-refractivity contribution in [1.29, 1.82) is 0 Å². The maximum atomic E-state index is 8.29. The highest BCUT2D eigenvalue weighted by atomic mass is 35.5. The van der Waals surface area contributed by atoms with Gasteiger partial charge in [0.2, 0.25) is 11.2 Å². The molecule has 4 atom stereocenters. The quantitative estimate of drug-likeness (QED) is 0.0899.